The summed E-state index contributed by atoms with van der Waals surface area (Å²) in [6.45, 7) is 1.59. The van der Waals surface area contributed by atoms with Crippen molar-refractivity contribution >= 4 is 5.97 Å². The van der Waals surface area contributed by atoms with E-state index in [1.54, 1.807) is 0 Å². The monoisotopic (exact) mass is 241 g/mol. The van der Waals surface area contributed by atoms with E-state index in [0.717, 1.165) is 4.57 Å². The summed E-state index contributed by atoms with van der Waals surface area (Å²) in [6.07, 6.45) is 1.41. The molecule has 0 spiro atoms. The highest BCUT2D eigenvalue weighted by Crippen LogP contribution is 1.90. The Hall–Kier alpha value is -1.89. The summed E-state index contributed by atoms with van der Waals surface area (Å²) in [4.78, 5) is 33.7. The summed E-state index contributed by atoms with van der Waals surface area (Å²) >= 11 is 0. The van der Waals surface area contributed by atoms with Crippen LogP contribution >= 0.6 is 0 Å². The van der Waals surface area contributed by atoms with Crippen LogP contribution in [0.4, 0.5) is 0 Å². The minimum atomic E-state index is -0.994. The number of aliphatic carboxylic acids is 1. The Morgan fingerprint density at radius 2 is 2.06 bits per heavy atom. The molecule has 0 saturated carbocycles. The zero-order valence-corrected chi connectivity index (χ0v) is 9.93. The van der Waals surface area contributed by atoms with Crippen molar-refractivity contribution in [2.75, 3.05) is 0 Å². The molecule has 94 valence electrons. The highest BCUT2D eigenvalue weighted by atomic mass is 16.4. The van der Waals surface area contributed by atoms with Gasteiger partial charge in [0.15, 0.2) is 0 Å². The van der Waals surface area contributed by atoms with Crippen LogP contribution in [-0.4, -0.2) is 26.3 Å². The van der Waals surface area contributed by atoms with Gasteiger partial charge in [-0.25, -0.2) is 4.79 Å². The van der Waals surface area contributed by atoms with E-state index in [-0.39, 0.29) is 6.54 Å². The lowest BCUT2D eigenvalue weighted by molar-refractivity contribution is -0.139. The van der Waals surface area contributed by atoms with Crippen molar-refractivity contribution in [3.63, 3.8) is 0 Å². The van der Waals surface area contributed by atoms with Crippen LogP contribution in [0.5, 0.6) is 0 Å². The van der Waals surface area contributed by atoms with Crippen LogP contribution in [0.3, 0.4) is 0 Å². The summed E-state index contributed by atoms with van der Waals surface area (Å²) in [5, 5.41) is 11.4. The van der Waals surface area contributed by atoms with Gasteiger partial charge in [-0.1, -0.05) is 0 Å². The van der Waals surface area contributed by atoms with Crippen LogP contribution < -0.4 is 16.6 Å². The Bertz CT molecular complexity index is 543. The Balaban J connectivity index is 2.98. The first-order valence-corrected chi connectivity index (χ1v) is 5.06. The molecule has 0 radical (unpaired) electrons. The standard InChI is InChI=1S/C10H15N3O4/c1-6(9(15)16)11-4-7-5-12(2)10(17)13(3)8(7)14/h5-6,11H,4H2,1-3H3,(H,15,16). The fraction of sp³-hybridized carbons (Fsp3) is 0.500. The minimum absolute atomic E-state index is 0.105. The van der Waals surface area contributed by atoms with Crippen LogP contribution in [0, 0.1) is 0 Å². The third kappa shape index (κ3) is 2.82. The first-order chi connectivity index (χ1) is 7.84. The maximum Gasteiger partial charge on any atom is 0.330 e. The molecule has 1 aromatic rings. The van der Waals surface area contributed by atoms with E-state index in [1.165, 1.54) is 31.8 Å². The maximum absolute atomic E-state index is 11.7. The molecule has 0 aliphatic carbocycles. The van der Waals surface area contributed by atoms with Crippen molar-refractivity contribution in [3.05, 3.63) is 32.6 Å². The predicted octanol–water partition coefficient (Wildman–Crippen LogP) is -1.35. The number of hydrogen-bond acceptors (Lipinski definition) is 4. The number of carboxylic acid groups (broad SMARTS) is 1. The quantitative estimate of drug-likeness (QED) is 0.679. The largest absolute Gasteiger partial charge is 0.480 e. The second-order valence-corrected chi connectivity index (χ2v) is 3.85. The lowest BCUT2D eigenvalue weighted by Gasteiger charge is -2.10. The SMILES string of the molecule is CC(NCc1cn(C)c(=O)n(C)c1=O)C(=O)O. The van der Waals surface area contributed by atoms with Gasteiger partial charge in [0.1, 0.15) is 6.04 Å². The number of hydrogen-bond donors (Lipinski definition) is 2. The maximum atomic E-state index is 11.7. The fourth-order valence-electron chi connectivity index (χ4n) is 1.35. The van der Waals surface area contributed by atoms with Crippen molar-refractivity contribution in [3.8, 4) is 0 Å². The van der Waals surface area contributed by atoms with Gasteiger partial charge in [0.05, 0.1) is 0 Å². The van der Waals surface area contributed by atoms with Crippen LogP contribution in [0.1, 0.15) is 12.5 Å². The normalized spacial score (nSPS) is 12.4. The lowest BCUT2D eigenvalue weighted by atomic mass is 10.3. The van der Waals surface area contributed by atoms with Gasteiger partial charge in [0.25, 0.3) is 5.56 Å². The molecule has 7 nitrogen and oxygen atoms in total. The van der Waals surface area contributed by atoms with Crippen LogP contribution in [0.2, 0.25) is 0 Å². The number of nitrogens with zero attached hydrogens (tertiary/aromatic N) is 2. The number of nitrogens with one attached hydrogen (secondary N) is 1. The Morgan fingerprint density at radius 3 is 2.59 bits per heavy atom. The summed E-state index contributed by atoms with van der Waals surface area (Å²) in [5.74, 6) is -0.994. The molecule has 0 bridgehead atoms. The van der Waals surface area contributed by atoms with Gasteiger partial charge >= 0.3 is 11.7 Å². The Labute approximate surface area is 97.3 Å². The van der Waals surface area contributed by atoms with E-state index in [0.29, 0.717) is 5.56 Å². The summed E-state index contributed by atoms with van der Waals surface area (Å²) < 4.78 is 2.27. The third-order valence-electron chi connectivity index (χ3n) is 2.49. The molecule has 0 aliphatic heterocycles. The van der Waals surface area contributed by atoms with Gasteiger partial charge < -0.3 is 15.0 Å². The molecule has 1 atom stereocenters. The Kier molecular flexibility index (Phi) is 3.84. The molecule has 0 amide bonds. The number of aromatic nitrogens is 2. The molecule has 0 fully saturated rings. The van der Waals surface area contributed by atoms with Crippen molar-refractivity contribution in [2.45, 2.75) is 19.5 Å². The van der Waals surface area contributed by atoms with Crippen molar-refractivity contribution in [1.82, 2.24) is 14.5 Å². The third-order valence-corrected chi connectivity index (χ3v) is 2.49. The fourth-order valence-corrected chi connectivity index (χ4v) is 1.35. The zero-order chi connectivity index (χ0) is 13.2. The summed E-state index contributed by atoms with van der Waals surface area (Å²) in [7, 11) is 2.92. The number of carboxylic acids is 1. The number of aryl methyl sites for hydroxylation is 1. The zero-order valence-electron chi connectivity index (χ0n) is 9.93. The average Bonchev–Trinajstić information content (AvgIpc) is 2.28. The van der Waals surface area contributed by atoms with Crippen molar-refractivity contribution in [2.24, 2.45) is 14.1 Å². The molecule has 1 unspecified atom stereocenters. The van der Waals surface area contributed by atoms with Gasteiger partial charge in [0, 0.05) is 32.4 Å². The smallest absolute Gasteiger partial charge is 0.330 e. The van der Waals surface area contributed by atoms with Gasteiger partial charge in [-0.3, -0.25) is 14.2 Å². The first kappa shape index (κ1) is 13.2. The van der Waals surface area contributed by atoms with Crippen LogP contribution in [0.15, 0.2) is 15.8 Å². The molecule has 2 N–H and O–H groups in total. The topological polar surface area (TPSA) is 93.3 Å². The molecule has 0 aliphatic rings. The molecule has 17 heavy (non-hydrogen) atoms. The molecule has 1 heterocycles. The Morgan fingerprint density at radius 1 is 1.47 bits per heavy atom. The highest BCUT2D eigenvalue weighted by Gasteiger charge is 2.12. The van der Waals surface area contributed by atoms with E-state index < -0.39 is 23.3 Å². The number of rotatable bonds is 4. The second-order valence-electron chi connectivity index (χ2n) is 3.85. The van der Waals surface area contributed by atoms with E-state index in [1.807, 2.05) is 0 Å². The molecular formula is C10H15N3O4. The summed E-state index contributed by atoms with van der Waals surface area (Å²) in [5.41, 5.74) is -0.481. The highest BCUT2D eigenvalue weighted by molar-refractivity contribution is 5.72. The van der Waals surface area contributed by atoms with E-state index in [4.69, 9.17) is 5.11 Å². The molecular weight excluding hydrogens is 226 g/mol. The summed E-state index contributed by atoms with van der Waals surface area (Å²) in [6, 6.07) is -0.753. The molecule has 0 aromatic carbocycles. The van der Waals surface area contributed by atoms with Gasteiger partial charge in [-0.05, 0) is 6.92 Å². The van der Waals surface area contributed by atoms with Gasteiger partial charge in [0.2, 0.25) is 0 Å². The van der Waals surface area contributed by atoms with E-state index in [9.17, 15) is 14.4 Å². The number of carbonyl (C=O) groups is 1. The van der Waals surface area contributed by atoms with Gasteiger partial charge in [-0.2, -0.15) is 0 Å². The first-order valence-electron chi connectivity index (χ1n) is 5.06. The molecule has 1 rings (SSSR count). The molecule has 7 heteroatoms. The van der Waals surface area contributed by atoms with Crippen LogP contribution in [-0.2, 0) is 25.4 Å². The van der Waals surface area contributed by atoms with E-state index >= 15 is 0 Å². The lowest BCUT2D eigenvalue weighted by Crippen LogP contribution is -2.41. The van der Waals surface area contributed by atoms with Crippen molar-refractivity contribution < 1.29 is 9.90 Å². The molecule has 0 saturated heterocycles. The average molecular weight is 241 g/mol. The van der Waals surface area contributed by atoms with Gasteiger partial charge in [-0.15, -0.1) is 0 Å². The van der Waals surface area contributed by atoms with E-state index in [2.05, 4.69) is 5.32 Å². The second kappa shape index (κ2) is 4.96. The molecule has 1 aromatic heterocycles. The minimum Gasteiger partial charge on any atom is -0.480 e. The van der Waals surface area contributed by atoms with Crippen molar-refractivity contribution in [1.29, 1.82) is 0 Å². The predicted molar refractivity (Wildman–Crippen MR) is 60.9 cm³/mol. The van der Waals surface area contributed by atoms with Crippen LogP contribution in [0.25, 0.3) is 0 Å².